The topological polar surface area (TPSA) is 70.9 Å². The highest BCUT2D eigenvalue weighted by Crippen LogP contribution is 2.37. The third-order valence-electron chi connectivity index (χ3n) is 4.67. The van der Waals surface area contributed by atoms with Crippen molar-refractivity contribution in [3.63, 3.8) is 0 Å². The number of carbonyl (C=O) groups excluding carboxylic acids is 1. The van der Waals surface area contributed by atoms with Gasteiger partial charge in [-0.3, -0.25) is 4.79 Å². The number of fused-ring (bicyclic) bond motifs is 1. The maximum atomic E-state index is 12.4. The Balaban J connectivity index is 1.51. The molecule has 0 spiro atoms. The van der Waals surface area contributed by atoms with Gasteiger partial charge in [0.15, 0.2) is 6.10 Å². The van der Waals surface area contributed by atoms with Crippen LogP contribution in [-0.4, -0.2) is 35.0 Å². The predicted molar refractivity (Wildman–Crippen MR) is 89.7 cm³/mol. The van der Waals surface area contributed by atoms with E-state index < -0.39 is 6.10 Å². The van der Waals surface area contributed by atoms with Crippen LogP contribution >= 0.6 is 0 Å². The Morgan fingerprint density at radius 3 is 2.46 bits per heavy atom. The molecule has 0 saturated heterocycles. The number of hydrogen-bond donors (Lipinski definition) is 2. The van der Waals surface area contributed by atoms with E-state index >= 15 is 0 Å². The van der Waals surface area contributed by atoms with Crippen molar-refractivity contribution in [2.24, 2.45) is 11.1 Å². The van der Waals surface area contributed by atoms with Gasteiger partial charge in [-0.15, -0.1) is 0 Å². The highest BCUT2D eigenvalue weighted by atomic mass is 16.6. The minimum Gasteiger partial charge on any atom is -0.392 e. The molecule has 1 aliphatic heterocycles. The zero-order valence-electron chi connectivity index (χ0n) is 13.0. The second kappa shape index (κ2) is 6.09. The smallest absolute Gasteiger partial charge is 0.251 e. The van der Waals surface area contributed by atoms with Crippen LogP contribution in [0.2, 0.25) is 0 Å². The molecule has 2 aromatic carbocycles. The van der Waals surface area contributed by atoms with Crippen LogP contribution < -0.4 is 5.32 Å². The van der Waals surface area contributed by atoms with Crippen molar-refractivity contribution in [2.75, 3.05) is 0 Å². The van der Waals surface area contributed by atoms with Gasteiger partial charge in [0.1, 0.15) is 0 Å². The van der Waals surface area contributed by atoms with E-state index in [4.69, 9.17) is 4.84 Å². The summed E-state index contributed by atoms with van der Waals surface area (Å²) in [6, 6.07) is 18.5. The van der Waals surface area contributed by atoms with Gasteiger partial charge >= 0.3 is 0 Å². The highest BCUT2D eigenvalue weighted by Gasteiger charge is 2.51. The normalized spacial score (nSPS) is 28.0. The summed E-state index contributed by atoms with van der Waals surface area (Å²) in [4.78, 5) is 17.9. The predicted octanol–water partition coefficient (Wildman–Crippen LogP) is 1.97. The Labute approximate surface area is 139 Å². The number of benzene rings is 2. The molecule has 4 atom stereocenters. The van der Waals surface area contributed by atoms with E-state index in [0.717, 1.165) is 11.3 Å². The van der Waals surface area contributed by atoms with Crippen molar-refractivity contribution >= 4 is 11.6 Å². The molecule has 2 aliphatic rings. The van der Waals surface area contributed by atoms with Crippen LogP contribution in [0.1, 0.15) is 22.3 Å². The third kappa shape index (κ3) is 2.57. The summed E-state index contributed by atoms with van der Waals surface area (Å²) in [5.74, 6) is -0.376. The maximum Gasteiger partial charge on any atom is 0.251 e. The molecule has 5 heteroatoms. The molecule has 1 heterocycles. The first kappa shape index (κ1) is 14.9. The van der Waals surface area contributed by atoms with E-state index in [2.05, 4.69) is 10.5 Å². The summed E-state index contributed by atoms with van der Waals surface area (Å²) >= 11 is 0. The van der Waals surface area contributed by atoms with Crippen molar-refractivity contribution in [1.82, 2.24) is 5.32 Å². The maximum absolute atomic E-state index is 12.4. The molecule has 1 amide bonds. The monoisotopic (exact) mass is 322 g/mol. The summed E-state index contributed by atoms with van der Waals surface area (Å²) in [5, 5.41) is 17.6. The second-order valence-electron chi connectivity index (χ2n) is 6.19. The Morgan fingerprint density at radius 1 is 1.08 bits per heavy atom. The molecule has 0 radical (unpaired) electrons. The van der Waals surface area contributed by atoms with Crippen molar-refractivity contribution in [3.05, 3.63) is 71.8 Å². The summed E-state index contributed by atoms with van der Waals surface area (Å²) in [5.41, 5.74) is 2.29. The summed E-state index contributed by atoms with van der Waals surface area (Å²) < 4.78 is 0. The first-order valence-electron chi connectivity index (χ1n) is 8.07. The van der Waals surface area contributed by atoms with Crippen molar-refractivity contribution in [2.45, 2.75) is 24.7 Å². The van der Waals surface area contributed by atoms with E-state index in [1.807, 2.05) is 48.5 Å². The number of aliphatic hydroxyl groups excluding tert-OH is 1. The fraction of sp³-hybridized carbons (Fsp3) is 0.263. The Morgan fingerprint density at radius 2 is 1.75 bits per heavy atom. The molecular weight excluding hydrogens is 304 g/mol. The molecule has 1 saturated carbocycles. The van der Waals surface area contributed by atoms with Gasteiger partial charge in [-0.2, -0.15) is 0 Å². The van der Waals surface area contributed by atoms with Gasteiger partial charge < -0.3 is 15.3 Å². The number of oxime groups is 1. The summed E-state index contributed by atoms with van der Waals surface area (Å²) in [6.45, 7) is 0. The van der Waals surface area contributed by atoms with Crippen LogP contribution in [0.15, 0.2) is 65.8 Å². The average Bonchev–Trinajstić information content (AvgIpc) is 3.19. The van der Waals surface area contributed by atoms with Crippen molar-refractivity contribution in [1.29, 1.82) is 0 Å². The molecule has 4 rings (SSSR count). The highest BCUT2D eigenvalue weighted by molar-refractivity contribution is 6.04. The summed E-state index contributed by atoms with van der Waals surface area (Å²) in [7, 11) is 0. The van der Waals surface area contributed by atoms with Crippen LogP contribution in [0, 0.1) is 5.92 Å². The number of aliphatic hydroxyl groups is 1. The molecule has 2 N–H and O–H groups in total. The van der Waals surface area contributed by atoms with Gasteiger partial charge in [0.2, 0.25) is 0 Å². The fourth-order valence-corrected chi connectivity index (χ4v) is 3.50. The lowest BCUT2D eigenvalue weighted by atomic mass is 9.92. The number of carbonyl (C=O) groups is 1. The molecule has 1 aliphatic carbocycles. The van der Waals surface area contributed by atoms with Crippen LogP contribution in [0.4, 0.5) is 0 Å². The van der Waals surface area contributed by atoms with E-state index in [0.29, 0.717) is 12.0 Å². The number of hydrogen-bond acceptors (Lipinski definition) is 4. The van der Waals surface area contributed by atoms with Crippen LogP contribution in [0.25, 0.3) is 0 Å². The van der Waals surface area contributed by atoms with Gasteiger partial charge in [0.05, 0.1) is 23.8 Å². The number of amides is 1. The Kier molecular flexibility index (Phi) is 3.78. The minimum atomic E-state index is -0.586. The average molecular weight is 322 g/mol. The van der Waals surface area contributed by atoms with E-state index in [1.165, 1.54) is 0 Å². The first-order valence-corrected chi connectivity index (χ1v) is 8.07. The molecule has 2 aromatic rings. The molecule has 5 nitrogen and oxygen atoms in total. The fourth-order valence-electron chi connectivity index (χ4n) is 3.50. The zero-order valence-corrected chi connectivity index (χ0v) is 13.0. The SMILES string of the molecule is O=C(N[C@@H]1C[C@H](O)[C@@H]2C(c3ccccc3)=NO[C@@H]21)c1ccccc1. The lowest BCUT2D eigenvalue weighted by Crippen LogP contribution is -2.42. The van der Waals surface area contributed by atoms with Crippen molar-refractivity contribution < 1.29 is 14.7 Å². The Hall–Kier alpha value is -2.66. The quantitative estimate of drug-likeness (QED) is 0.907. The van der Waals surface area contributed by atoms with Crippen molar-refractivity contribution in [3.8, 4) is 0 Å². The van der Waals surface area contributed by atoms with Crippen LogP contribution in [0.3, 0.4) is 0 Å². The van der Waals surface area contributed by atoms with Gasteiger partial charge in [-0.25, -0.2) is 0 Å². The lowest BCUT2D eigenvalue weighted by molar-refractivity contribution is 0.0425. The largest absolute Gasteiger partial charge is 0.392 e. The number of rotatable bonds is 3. The van der Waals surface area contributed by atoms with E-state index in [1.54, 1.807) is 12.1 Å². The lowest BCUT2D eigenvalue weighted by Gasteiger charge is -2.18. The molecular formula is C19H18N2O3. The molecule has 122 valence electrons. The first-order chi connectivity index (χ1) is 11.7. The minimum absolute atomic E-state index is 0.162. The second-order valence-corrected chi connectivity index (χ2v) is 6.19. The molecule has 0 aromatic heterocycles. The van der Waals surface area contributed by atoms with Gasteiger partial charge in [-0.1, -0.05) is 53.7 Å². The number of nitrogens with one attached hydrogen (secondary N) is 1. The standard InChI is InChI=1S/C19H18N2O3/c22-15-11-14(20-19(23)13-9-5-2-6-10-13)18-16(15)17(21-24-18)12-7-3-1-4-8-12/h1-10,14-16,18,22H,11H2,(H,20,23)/t14-,15+,16-,18-/m1/s1. The third-order valence-corrected chi connectivity index (χ3v) is 4.67. The van der Waals surface area contributed by atoms with Gasteiger partial charge in [-0.05, 0) is 24.1 Å². The van der Waals surface area contributed by atoms with Crippen LogP contribution in [-0.2, 0) is 4.84 Å². The molecule has 24 heavy (non-hydrogen) atoms. The molecule has 0 bridgehead atoms. The molecule has 0 unspecified atom stereocenters. The van der Waals surface area contributed by atoms with Gasteiger partial charge in [0, 0.05) is 5.56 Å². The zero-order chi connectivity index (χ0) is 16.5. The van der Waals surface area contributed by atoms with Gasteiger partial charge in [0.25, 0.3) is 5.91 Å². The molecule has 1 fully saturated rings. The summed E-state index contributed by atoms with van der Waals surface area (Å²) in [6.07, 6.45) is -0.458. The Bertz CT molecular complexity index is 761. The van der Waals surface area contributed by atoms with E-state index in [-0.39, 0.29) is 24.0 Å². The van der Waals surface area contributed by atoms with Crippen LogP contribution in [0.5, 0.6) is 0 Å². The number of nitrogens with zero attached hydrogens (tertiary/aromatic N) is 1. The van der Waals surface area contributed by atoms with E-state index in [9.17, 15) is 9.90 Å².